The average Bonchev–Trinajstić information content (AvgIpc) is 2.08. The lowest BCUT2D eigenvalue weighted by molar-refractivity contribution is 0.161. The van der Waals surface area contributed by atoms with Crippen LogP contribution >= 0.6 is 24.0 Å². The van der Waals surface area contributed by atoms with Gasteiger partial charge in [0.25, 0.3) is 0 Å². The summed E-state index contributed by atoms with van der Waals surface area (Å²) < 4.78 is 0. The van der Waals surface area contributed by atoms with E-state index in [1.54, 1.807) is 0 Å². The molecule has 3 atom stereocenters. The van der Waals surface area contributed by atoms with Crippen LogP contribution < -0.4 is 5.73 Å². The molecule has 3 unspecified atom stereocenters. The highest BCUT2D eigenvalue weighted by molar-refractivity contribution is 8.00. The van der Waals surface area contributed by atoms with E-state index in [1.165, 1.54) is 12.3 Å². The molecular weight excluding hydrogens is 212 g/mol. The van der Waals surface area contributed by atoms with E-state index >= 15 is 0 Å². The van der Waals surface area contributed by atoms with Crippen molar-refractivity contribution in [2.24, 2.45) is 5.73 Å². The highest BCUT2D eigenvalue weighted by Gasteiger charge is 2.28. The summed E-state index contributed by atoms with van der Waals surface area (Å²) in [7, 11) is 0. The van der Waals surface area contributed by atoms with E-state index in [0.717, 1.165) is 11.7 Å². The molecule has 1 saturated heterocycles. The van der Waals surface area contributed by atoms with Crippen molar-refractivity contribution >= 4 is 29.0 Å². The summed E-state index contributed by atoms with van der Waals surface area (Å²) in [6, 6.07) is 1.13. The van der Waals surface area contributed by atoms with Crippen LogP contribution in [0.4, 0.5) is 0 Å². The van der Waals surface area contributed by atoms with Gasteiger partial charge in [0.05, 0.1) is 4.99 Å². The van der Waals surface area contributed by atoms with Crippen LogP contribution in [0.25, 0.3) is 0 Å². The van der Waals surface area contributed by atoms with Crippen molar-refractivity contribution in [2.45, 2.75) is 44.5 Å². The smallest absolute Gasteiger partial charge is 0.0742 e. The Hall–Kier alpha value is 0.200. The standard InChI is InChI=1S/C10H20N2S2/c1-7(6-10(11)13)12-4-5-14-9(3)8(12)2/h7-9H,4-6H2,1-3H3,(H2,11,13). The first-order valence-electron chi connectivity index (χ1n) is 5.18. The zero-order chi connectivity index (χ0) is 10.7. The molecule has 4 heteroatoms. The van der Waals surface area contributed by atoms with Crippen LogP contribution in [0.5, 0.6) is 0 Å². The van der Waals surface area contributed by atoms with Gasteiger partial charge in [0.15, 0.2) is 0 Å². The van der Waals surface area contributed by atoms with Gasteiger partial charge < -0.3 is 5.73 Å². The molecule has 1 aliphatic rings. The fourth-order valence-electron chi connectivity index (χ4n) is 1.99. The lowest BCUT2D eigenvalue weighted by Gasteiger charge is -2.41. The zero-order valence-electron chi connectivity index (χ0n) is 9.19. The number of hydrogen-bond acceptors (Lipinski definition) is 3. The molecule has 0 amide bonds. The summed E-state index contributed by atoms with van der Waals surface area (Å²) >= 11 is 7.02. The topological polar surface area (TPSA) is 29.3 Å². The lowest BCUT2D eigenvalue weighted by atomic mass is 10.1. The van der Waals surface area contributed by atoms with E-state index in [-0.39, 0.29) is 0 Å². The summed E-state index contributed by atoms with van der Waals surface area (Å²) in [5.41, 5.74) is 5.58. The Labute approximate surface area is 96.6 Å². The number of hydrogen-bond donors (Lipinski definition) is 1. The molecule has 82 valence electrons. The Kier molecular flexibility index (Phi) is 4.67. The molecule has 1 fully saturated rings. The lowest BCUT2D eigenvalue weighted by Crippen LogP contribution is -2.49. The summed E-state index contributed by atoms with van der Waals surface area (Å²) in [4.78, 5) is 3.16. The molecule has 0 spiro atoms. The minimum Gasteiger partial charge on any atom is -0.393 e. The molecule has 0 bridgehead atoms. The normalized spacial score (nSPS) is 31.4. The second kappa shape index (κ2) is 5.33. The van der Waals surface area contributed by atoms with Gasteiger partial charge in [0.1, 0.15) is 0 Å². The molecule has 0 aromatic carbocycles. The predicted molar refractivity (Wildman–Crippen MR) is 69.0 cm³/mol. The Morgan fingerprint density at radius 1 is 1.64 bits per heavy atom. The fraction of sp³-hybridized carbons (Fsp3) is 0.900. The van der Waals surface area contributed by atoms with Crippen molar-refractivity contribution in [1.29, 1.82) is 0 Å². The molecule has 0 aliphatic carbocycles. The maximum atomic E-state index is 5.58. The SMILES string of the molecule is CC1SCCN(C(C)CC(N)=S)C1C. The number of nitrogens with two attached hydrogens (primary N) is 1. The summed E-state index contributed by atoms with van der Waals surface area (Å²) in [5, 5.41) is 0.720. The van der Waals surface area contributed by atoms with Crippen molar-refractivity contribution in [3.63, 3.8) is 0 Å². The number of rotatable bonds is 3. The molecule has 2 N–H and O–H groups in total. The van der Waals surface area contributed by atoms with Gasteiger partial charge in [-0.05, 0) is 13.8 Å². The van der Waals surface area contributed by atoms with Crippen LogP contribution in [0.2, 0.25) is 0 Å². The molecule has 2 nitrogen and oxygen atoms in total. The Morgan fingerprint density at radius 2 is 2.29 bits per heavy atom. The van der Waals surface area contributed by atoms with Gasteiger partial charge in [-0.15, -0.1) is 0 Å². The highest BCUT2D eigenvalue weighted by atomic mass is 32.2. The first-order valence-corrected chi connectivity index (χ1v) is 6.63. The van der Waals surface area contributed by atoms with Crippen molar-refractivity contribution < 1.29 is 0 Å². The van der Waals surface area contributed by atoms with Crippen molar-refractivity contribution in [3.05, 3.63) is 0 Å². The van der Waals surface area contributed by atoms with Crippen LogP contribution in [0.3, 0.4) is 0 Å². The molecule has 0 radical (unpaired) electrons. The van der Waals surface area contributed by atoms with E-state index in [1.807, 2.05) is 0 Å². The predicted octanol–water partition coefficient (Wildman–Crippen LogP) is 1.88. The van der Waals surface area contributed by atoms with Crippen molar-refractivity contribution in [2.75, 3.05) is 12.3 Å². The minimum absolute atomic E-state index is 0.492. The third kappa shape index (κ3) is 3.11. The Balaban J connectivity index is 2.52. The monoisotopic (exact) mass is 232 g/mol. The average molecular weight is 232 g/mol. The molecule has 1 rings (SSSR count). The second-order valence-corrected chi connectivity index (χ2v) is 6.08. The van der Waals surface area contributed by atoms with Crippen LogP contribution in [0, 0.1) is 0 Å². The fourth-order valence-corrected chi connectivity index (χ4v) is 3.35. The third-order valence-corrected chi connectivity index (χ3v) is 4.50. The molecular formula is C10H20N2S2. The van der Waals surface area contributed by atoms with Crippen molar-refractivity contribution in [1.82, 2.24) is 4.90 Å². The first kappa shape index (κ1) is 12.3. The third-order valence-electron chi connectivity index (χ3n) is 3.00. The maximum Gasteiger partial charge on any atom is 0.0742 e. The molecule has 1 heterocycles. The van der Waals surface area contributed by atoms with Crippen LogP contribution in [-0.4, -0.2) is 39.5 Å². The van der Waals surface area contributed by atoms with Gasteiger partial charge in [-0.25, -0.2) is 0 Å². The molecule has 14 heavy (non-hydrogen) atoms. The van der Waals surface area contributed by atoms with Gasteiger partial charge in [-0.1, -0.05) is 19.1 Å². The largest absolute Gasteiger partial charge is 0.393 e. The molecule has 0 aromatic heterocycles. The molecule has 1 aliphatic heterocycles. The van der Waals surface area contributed by atoms with E-state index in [9.17, 15) is 0 Å². The van der Waals surface area contributed by atoms with Crippen LogP contribution in [0.15, 0.2) is 0 Å². The van der Waals surface area contributed by atoms with Crippen LogP contribution in [-0.2, 0) is 0 Å². The molecule has 0 saturated carbocycles. The van der Waals surface area contributed by atoms with Gasteiger partial charge in [0.2, 0.25) is 0 Å². The van der Waals surface area contributed by atoms with Crippen LogP contribution in [0.1, 0.15) is 27.2 Å². The highest BCUT2D eigenvalue weighted by Crippen LogP contribution is 2.26. The first-order chi connectivity index (χ1) is 6.52. The summed E-state index contributed by atoms with van der Waals surface area (Å²) in [6.07, 6.45) is 0.844. The van der Waals surface area contributed by atoms with Gasteiger partial charge in [0, 0.05) is 36.1 Å². The molecule has 0 aromatic rings. The number of nitrogens with zero attached hydrogens (tertiary/aromatic N) is 1. The summed E-state index contributed by atoms with van der Waals surface area (Å²) in [5.74, 6) is 1.23. The number of thiocarbonyl (C=S) groups is 1. The minimum atomic E-state index is 0.492. The van der Waals surface area contributed by atoms with Gasteiger partial charge >= 0.3 is 0 Å². The Bertz CT molecular complexity index is 208. The number of thioether (sulfide) groups is 1. The Morgan fingerprint density at radius 3 is 2.86 bits per heavy atom. The summed E-state index contributed by atoms with van der Waals surface area (Å²) in [6.45, 7) is 7.99. The van der Waals surface area contributed by atoms with E-state index in [2.05, 4.69) is 37.4 Å². The van der Waals surface area contributed by atoms with Gasteiger partial charge in [-0.2, -0.15) is 11.8 Å². The maximum absolute atomic E-state index is 5.58. The van der Waals surface area contributed by atoms with E-state index in [4.69, 9.17) is 18.0 Å². The van der Waals surface area contributed by atoms with E-state index in [0.29, 0.717) is 17.1 Å². The van der Waals surface area contributed by atoms with Crippen molar-refractivity contribution in [3.8, 4) is 0 Å². The quantitative estimate of drug-likeness (QED) is 0.752. The van der Waals surface area contributed by atoms with E-state index < -0.39 is 0 Å². The van der Waals surface area contributed by atoms with Gasteiger partial charge in [-0.3, -0.25) is 4.90 Å². The second-order valence-electron chi connectivity index (χ2n) is 4.07. The zero-order valence-corrected chi connectivity index (χ0v) is 10.8.